The van der Waals surface area contributed by atoms with Crippen LogP contribution in [0.25, 0.3) is 0 Å². The van der Waals surface area contributed by atoms with E-state index in [0.29, 0.717) is 17.9 Å². The molecule has 1 aromatic carbocycles. The van der Waals surface area contributed by atoms with Crippen molar-refractivity contribution in [1.29, 1.82) is 5.26 Å². The van der Waals surface area contributed by atoms with Crippen molar-refractivity contribution in [3.05, 3.63) is 33.9 Å². The summed E-state index contributed by atoms with van der Waals surface area (Å²) in [5, 5.41) is 19.6. The Bertz CT molecular complexity index is 468. The number of nitriles is 1. The molecule has 0 spiro atoms. The van der Waals surface area contributed by atoms with Crippen LogP contribution in [0.3, 0.4) is 0 Å². The van der Waals surface area contributed by atoms with Crippen LogP contribution in [0.4, 0.5) is 11.4 Å². The number of nitro groups is 1. The first kappa shape index (κ1) is 13.9. The third-order valence-corrected chi connectivity index (χ3v) is 2.56. The van der Waals surface area contributed by atoms with Gasteiger partial charge in [-0.15, -0.1) is 0 Å². The Kier molecular flexibility index (Phi) is 5.08. The number of anilines is 1. The van der Waals surface area contributed by atoms with Gasteiger partial charge >= 0.3 is 0 Å². The molecule has 6 heteroatoms. The highest BCUT2D eigenvalue weighted by Gasteiger charge is 2.13. The fourth-order valence-corrected chi connectivity index (χ4v) is 1.63. The van der Waals surface area contributed by atoms with Gasteiger partial charge in [0.2, 0.25) is 0 Å². The number of benzene rings is 1. The topological polar surface area (TPSA) is 79.4 Å². The average molecular weight is 249 g/mol. The molecule has 0 bridgehead atoms. The number of ether oxygens (including phenoxy) is 1. The van der Waals surface area contributed by atoms with Crippen molar-refractivity contribution < 1.29 is 9.66 Å². The van der Waals surface area contributed by atoms with Crippen LogP contribution in [0.1, 0.15) is 12.0 Å². The molecule has 0 saturated carbocycles. The van der Waals surface area contributed by atoms with Gasteiger partial charge in [0.15, 0.2) is 0 Å². The largest absolute Gasteiger partial charge is 0.385 e. The van der Waals surface area contributed by atoms with Crippen molar-refractivity contribution in [3.63, 3.8) is 0 Å². The van der Waals surface area contributed by atoms with Gasteiger partial charge in [-0.1, -0.05) is 0 Å². The average Bonchev–Trinajstić information content (AvgIpc) is 2.38. The van der Waals surface area contributed by atoms with Gasteiger partial charge in [0.05, 0.1) is 16.2 Å². The SMILES string of the molecule is COCCCN(C)c1ccc([N+](=O)[O-])cc1C#N. The third-order valence-electron chi connectivity index (χ3n) is 2.56. The van der Waals surface area contributed by atoms with Gasteiger partial charge in [-0.3, -0.25) is 10.1 Å². The Morgan fingerprint density at radius 3 is 2.83 bits per heavy atom. The maximum atomic E-state index is 10.6. The zero-order chi connectivity index (χ0) is 13.5. The summed E-state index contributed by atoms with van der Waals surface area (Å²) in [6, 6.07) is 6.29. The van der Waals surface area contributed by atoms with E-state index >= 15 is 0 Å². The molecule has 18 heavy (non-hydrogen) atoms. The van der Waals surface area contributed by atoms with E-state index in [9.17, 15) is 10.1 Å². The summed E-state index contributed by atoms with van der Waals surface area (Å²) in [6.07, 6.45) is 0.828. The molecule has 0 amide bonds. The second-order valence-electron chi connectivity index (χ2n) is 3.84. The van der Waals surface area contributed by atoms with Crippen LogP contribution in [0, 0.1) is 21.4 Å². The van der Waals surface area contributed by atoms with Crippen LogP contribution < -0.4 is 4.90 Å². The van der Waals surface area contributed by atoms with E-state index in [1.54, 1.807) is 13.2 Å². The van der Waals surface area contributed by atoms with Gasteiger partial charge in [0.25, 0.3) is 5.69 Å². The molecule has 1 aromatic rings. The van der Waals surface area contributed by atoms with Crippen LogP contribution in [-0.2, 0) is 4.74 Å². The molecule has 1 rings (SSSR count). The van der Waals surface area contributed by atoms with Gasteiger partial charge < -0.3 is 9.64 Å². The molecule has 0 saturated heterocycles. The normalized spacial score (nSPS) is 9.83. The van der Waals surface area contributed by atoms with E-state index in [0.717, 1.165) is 13.0 Å². The van der Waals surface area contributed by atoms with Crippen molar-refractivity contribution in [3.8, 4) is 6.07 Å². The summed E-state index contributed by atoms with van der Waals surface area (Å²) < 4.78 is 4.95. The predicted molar refractivity (Wildman–Crippen MR) is 67.6 cm³/mol. The monoisotopic (exact) mass is 249 g/mol. The zero-order valence-corrected chi connectivity index (χ0v) is 10.4. The lowest BCUT2D eigenvalue weighted by molar-refractivity contribution is -0.384. The number of methoxy groups -OCH3 is 1. The lowest BCUT2D eigenvalue weighted by Crippen LogP contribution is -2.20. The number of nitrogens with zero attached hydrogens (tertiary/aromatic N) is 3. The Hall–Kier alpha value is -2.13. The second-order valence-corrected chi connectivity index (χ2v) is 3.84. The van der Waals surface area contributed by atoms with Crippen LogP contribution in [-0.4, -0.2) is 32.2 Å². The Balaban J connectivity index is 2.88. The summed E-state index contributed by atoms with van der Waals surface area (Å²) in [6.45, 7) is 1.36. The molecule has 96 valence electrons. The van der Waals surface area contributed by atoms with Crippen molar-refractivity contribution in [2.45, 2.75) is 6.42 Å². The van der Waals surface area contributed by atoms with Gasteiger partial charge in [-0.2, -0.15) is 5.26 Å². The highest BCUT2D eigenvalue weighted by atomic mass is 16.6. The minimum absolute atomic E-state index is 0.0689. The molecule has 0 N–H and O–H groups in total. The van der Waals surface area contributed by atoms with E-state index < -0.39 is 4.92 Å². The van der Waals surface area contributed by atoms with Gasteiger partial charge in [-0.25, -0.2) is 0 Å². The van der Waals surface area contributed by atoms with Crippen molar-refractivity contribution in [1.82, 2.24) is 0 Å². The number of hydrogen-bond donors (Lipinski definition) is 0. The van der Waals surface area contributed by atoms with Crippen LogP contribution in [0.2, 0.25) is 0 Å². The van der Waals surface area contributed by atoms with Crippen molar-refractivity contribution >= 4 is 11.4 Å². The summed E-state index contributed by atoms with van der Waals surface area (Å²) in [4.78, 5) is 12.0. The van der Waals surface area contributed by atoms with Gasteiger partial charge in [0, 0.05) is 39.4 Å². The minimum Gasteiger partial charge on any atom is -0.385 e. The summed E-state index contributed by atoms with van der Waals surface area (Å²) >= 11 is 0. The van der Waals surface area contributed by atoms with E-state index in [4.69, 9.17) is 10.00 Å². The fourth-order valence-electron chi connectivity index (χ4n) is 1.63. The maximum absolute atomic E-state index is 10.6. The molecule has 0 fully saturated rings. The fraction of sp³-hybridized carbons (Fsp3) is 0.417. The number of hydrogen-bond acceptors (Lipinski definition) is 5. The molecule has 0 radical (unpaired) electrons. The molecule has 0 heterocycles. The first-order chi connectivity index (χ1) is 8.60. The van der Waals surface area contributed by atoms with Crippen LogP contribution in [0.15, 0.2) is 18.2 Å². The molecule has 0 aliphatic carbocycles. The summed E-state index contributed by atoms with van der Waals surface area (Å²) in [5.41, 5.74) is 0.934. The smallest absolute Gasteiger partial charge is 0.270 e. The van der Waals surface area contributed by atoms with E-state index in [1.807, 2.05) is 18.0 Å². The van der Waals surface area contributed by atoms with E-state index in [-0.39, 0.29) is 5.69 Å². The second kappa shape index (κ2) is 6.57. The first-order valence-corrected chi connectivity index (χ1v) is 5.48. The van der Waals surface area contributed by atoms with Crippen molar-refractivity contribution in [2.24, 2.45) is 0 Å². The maximum Gasteiger partial charge on any atom is 0.270 e. The molecule has 0 aliphatic rings. The molecule has 0 atom stereocenters. The third kappa shape index (κ3) is 3.43. The molecular formula is C12H15N3O3. The number of rotatable bonds is 6. The van der Waals surface area contributed by atoms with Crippen LogP contribution >= 0.6 is 0 Å². The Morgan fingerprint density at radius 1 is 1.56 bits per heavy atom. The standard InChI is InChI=1S/C12H15N3O3/c1-14(6-3-7-18-2)12-5-4-11(15(16)17)8-10(12)9-13/h4-5,8H,3,6-7H2,1-2H3. The molecule has 0 aromatic heterocycles. The minimum atomic E-state index is -0.504. The van der Waals surface area contributed by atoms with Gasteiger partial charge in [0.1, 0.15) is 6.07 Å². The quantitative estimate of drug-likeness (QED) is 0.437. The Labute approximate surface area is 106 Å². The number of non-ortho nitro benzene ring substituents is 1. The van der Waals surface area contributed by atoms with Crippen LogP contribution in [0.5, 0.6) is 0 Å². The molecule has 0 aliphatic heterocycles. The number of nitro benzene ring substituents is 1. The lowest BCUT2D eigenvalue weighted by Gasteiger charge is -2.20. The zero-order valence-electron chi connectivity index (χ0n) is 10.4. The highest BCUT2D eigenvalue weighted by Crippen LogP contribution is 2.24. The highest BCUT2D eigenvalue weighted by molar-refractivity contribution is 5.62. The van der Waals surface area contributed by atoms with Crippen molar-refractivity contribution in [2.75, 3.05) is 32.2 Å². The summed E-state index contributed by atoms with van der Waals surface area (Å²) in [7, 11) is 3.48. The van der Waals surface area contributed by atoms with Gasteiger partial charge in [-0.05, 0) is 12.5 Å². The molecular weight excluding hydrogens is 234 g/mol. The molecule has 0 unspecified atom stereocenters. The molecule has 6 nitrogen and oxygen atoms in total. The van der Waals surface area contributed by atoms with E-state index in [1.165, 1.54) is 12.1 Å². The predicted octanol–water partition coefficient (Wildman–Crippen LogP) is 1.94. The summed E-state index contributed by atoms with van der Waals surface area (Å²) in [5.74, 6) is 0. The first-order valence-electron chi connectivity index (χ1n) is 5.48. The lowest BCUT2D eigenvalue weighted by atomic mass is 10.1. The van der Waals surface area contributed by atoms with E-state index in [2.05, 4.69) is 0 Å². The Morgan fingerprint density at radius 2 is 2.28 bits per heavy atom.